The molecule has 0 N–H and O–H groups in total. The Hall–Kier alpha value is 0.0662. The molecular weight excluding hydrogens is 521 g/mol. The molecule has 0 unspecified atom stereocenters. The van der Waals surface area contributed by atoms with Crippen LogP contribution in [0.2, 0.25) is 0 Å². The summed E-state index contributed by atoms with van der Waals surface area (Å²) in [6, 6.07) is 0. The van der Waals surface area contributed by atoms with E-state index in [1.807, 2.05) is 0 Å². The Morgan fingerprint density at radius 2 is 0.649 bits per heavy atom. The molecule has 0 aliphatic heterocycles. The summed E-state index contributed by atoms with van der Waals surface area (Å²) in [5, 5.41) is 1.53. The Bertz CT molecular complexity index is 657. The fraction of sp³-hybridized carbons (Fsp3) is 0.857. The average Bonchev–Trinajstić information content (AvgIpc) is 2.79. The first-order chi connectivity index (χ1) is 17.1. The van der Waals surface area contributed by atoms with Crippen molar-refractivity contribution in [2.45, 2.75) is 155 Å². The van der Waals surface area contributed by atoms with Crippen LogP contribution in [-0.2, 0) is 20.2 Å². The van der Waals surface area contributed by atoms with Gasteiger partial charge in [0.1, 0.15) is 20.2 Å². The van der Waals surface area contributed by atoms with Crippen molar-refractivity contribution in [2.24, 2.45) is 0 Å². The van der Waals surface area contributed by atoms with Gasteiger partial charge in [-0.1, -0.05) is 142 Å². The predicted molar refractivity (Wildman–Crippen MR) is 156 cm³/mol. The van der Waals surface area contributed by atoms with E-state index in [9.17, 15) is 25.9 Å². The van der Waals surface area contributed by atoms with E-state index < -0.39 is 20.2 Å². The molecule has 0 radical (unpaired) electrons. The molecule has 0 aromatic carbocycles. The Morgan fingerprint density at radius 3 is 0.865 bits per heavy atom. The van der Waals surface area contributed by atoms with E-state index in [1.165, 1.54) is 115 Å². The van der Waals surface area contributed by atoms with Gasteiger partial charge in [-0.05, 0) is 25.7 Å². The van der Waals surface area contributed by atoms with Crippen molar-refractivity contribution in [3.63, 3.8) is 0 Å². The van der Waals surface area contributed by atoms with Gasteiger partial charge in [0.05, 0.1) is 0 Å². The van der Waals surface area contributed by atoms with Crippen LogP contribution in [0.3, 0.4) is 0 Å². The maximum Gasteiger partial charge on any atom is 2.00 e. The molecule has 0 aliphatic rings. The van der Waals surface area contributed by atoms with Crippen molar-refractivity contribution >= 4 is 43.3 Å². The Labute approximate surface area is 246 Å². The SMILES string of the molecule is CCCCCCCCCCCC/C=C/S(=O)(=O)[O-].CCCCCCCCCCCC/C=C/S(=O)(=O)[O-].[Mg+2]. The van der Waals surface area contributed by atoms with Crippen LogP contribution in [0.25, 0.3) is 0 Å². The van der Waals surface area contributed by atoms with E-state index in [-0.39, 0.29) is 23.1 Å². The maximum atomic E-state index is 10.3. The summed E-state index contributed by atoms with van der Waals surface area (Å²) in [4.78, 5) is 0. The molecule has 0 aliphatic carbocycles. The summed E-state index contributed by atoms with van der Waals surface area (Å²) in [7, 11) is -8.33. The van der Waals surface area contributed by atoms with Gasteiger partial charge in [0.15, 0.2) is 0 Å². The minimum atomic E-state index is -4.17. The number of allylic oxidation sites excluding steroid dienone is 2. The second-order valence-electron chi connectivity index (χ2n) is 9.67. The van der Waals surface area contributed by atoms with E-state index in [1.54, 1.807) is 0 Å². The standard InChI is InChI=1S/2C14H28O3S.Mg/c2*1-2-3-4-5-6-7-8-9-10-11-12-13-14-18(15,16)17;/h2*13-14H,2-12H2,1H3,(H,15,16,17);/q;;+2/p-2/b2*14-13+;. The predicted octanol–water partition coefficient (Wildman–Crippen LogP) is 8.33. The molecule has 9 heteroatoms. The molecule has 0 spiro atoms. The molecule has 37 heavy (non-hydrogen) atoms. The third kappa shape index (κ3) is 46.3. The number of hydrogen-bond donors (Lipinski definition) is 0. The summed E-state index contributed by atoms with van der Waals surface area (Å²) in [5.41, 5.74) is 0. The van der Waals surface area contributed by atoms with Gasteiger partial charge < -0.3 is 9.11 Å². The van der Waals surface area contributed by atoms with Crippen molar-refractivity contribution in [1.82, 2.24) is 0 Å². The van der Waals surface area contributed by atoms with E-state index >= 15 is 0 Å². The molecule has 6 nitrogen and oxygen atoms in total. The summed E-state index contributed by atoms with van der Waals surface area (Å²) < 4.78 is 61.6. The van der Waals surface area contributed by atoms with Gasteiger partial charge in [0.2, 0.25) is 0 Å². The zero-order chi connectivity index (χ0) is 27.4. The van der Waals surface area contributed by atoms with Crippen molar-refractivity contribution in [3.05, 3.63) is 23.0 Å². The van der Waals surface area contributed by atoms with Crippen molar-refractivity contribution in [1.29, 1.82) is 0 Å². The van der Waals surface area contributed by atoms with E-state index in [0.29, 0.717) is 12.8 Å². The van der Waals surface area contributed by atoms with Gasteiger partial charge in [-0.25, -0.2) is 16.8 Å². The summed E-state index contributed by atoms with van der Waals surface area (Å²) in [6.45, 7) is 4.46. The summed E-state index contributed by atoms with van der Waals surface area (Å²) in [5.74, 6) is 0. The van der Waals surface area contributed by atoms with Gasteiger partial charge >= 0.3 is 23.1 Å². The molecule has 0 fully saturated rings. The Morgan fingerprint density at radius 1 is 0.432 bits per heavy atom. The topological polar surface area (TPSA) is 114 Å². The molecule has 0 saturated carbocycles. The molecular formula is C28H54MgO6S2. The number of unbranched alkanes of at least 4 members (excludes halogenated alkanes) is 20. The van der Waals surface area contributed by atoms with Crippen LogP contribution in [-0.4, -0.2) is 49.0 Å². The van der Waals surface area contributed by atoms with E-state index in [2.05, 4.69) is 13.8 Å². The molecule has 216 valence electrons. The van der Waals surface area contributed by atoms with Gasteiger partial charge in [-0.2, -0.15) is 0 Å². The quantitative estimate of drug-likeness (QED) is 0.0650. The third-order valence-electron chi connectivity index (χ3n) is 5.97. The van der Waals surface area contributed by atoms with Crippen molar-refractivity contribution < 1.29 is 25.9 Å². The average molecular weight is 575 g/mol. The molecule has 0 saturated heterocycles. The molecule has 0 aromatic heterocycles. The van der Waals surface area contributed by atoms with Crippen LogP contribution in [0.4, 0.5) is 0 Å². The minimum absolute atomic E-state index is 0. The molecule has 0 heterocycles. The Kier molecular flexibility index (Phi) is 34.4. The van der Waals surface area contributed by atoms with Crippen LogP contribution in [0.5, 0.6) is 0 Å². The van der Waals surface area contributed by atoms with E-state index in [0.717, 1.165) is 36.5 Å². The smallest absolute Gasteiger partial charge is 0.744 e. The maximum absolute atomic E-state index is 10.3. The van der Waals surface area contributed by atoms with E-state index in [4.69, 9.17) is 0 Å². The molecule has 0 rings (SSSR count). The molecule has 0 bridgehead atoms. The fourth-order valence-electron chi connectivity index (χ4n) is 3.87. The van der Waals surface area contributed by atoms with Gasteiger partial charge in [-0.3, -0.25) is 0 Å². The monoisotopic (exact) mass is 574 g/mol. The summed E-state index contributed by atoms with van der Waals surface area (Å²) in [6.07, 6.45) is 29.6. The fourth-order valence-corrected chi connectivity index (χ4v) is 4.61. The third-order valence-corrected chi connectivity index (χ3v) is 7.03. The zero-order valence-corrected chi connectivity index (χ0v) is 26.9. The minimum Gasteiger partial charge on any atom is -0.744 e. The first-order valence-corrected chi connectivity index (χ1v) is 17.3. The summed E-state index contributed by atoms with van der Waals surface area (Å²) >= 11 is 0. The number of rotatable bonds is 24. The Balaban J connectivity index is -0.000000608. The van der Waals surface area contributed by atoms with Crippen LogP contribution >= 0.6 is 0 Å². The van der Waals surface area contributed by atoms with Crippen molar-refractivity contribution in [2.75, 3.05) is 0 Å². The number of hydrogen-bond acceptors (Lipinski definition) is 6. The first kappa shape index (κ1) is 41.5. The molecule has 0 aromatic rings. The normalized spacial score (nSPS) is 12.0. The van der Waals surface area contributed by atoms with Crippen LogP contribution in [0, 0.1) is 0 Å². The van der Waals surface area contributed by atoms with Gasteiger partial charge in [-0.15, -0.1) is 0 Å². The second kappa shape index (κ2) is 30.6. The zero-order valence-electron chi connectivity index (χ0n) is 23.8. The van der Waals surface area contributed by atoms with Crippen molar-refractivity contribution in [3.8, 4) is 0 Å². The van der Waals surface area contributed by atoms with Crippen LogP contribution in [0.1, 0.15) is 155 Å². The molecule has 0 atom stereocenters. The second-order valence-corrected chi connectivity index (χ2v) is 12.2. The van der Waals surface area contributed by atoms with Gasteiger partial charge in [0, 0.05) is 10.8 Å². The van der Waals surface area contributed by atoms with Crippen LogP contribution < -0.4 is 0 Å². The largest absolute Gasteiger partial charge is 2.00 e. The van der Waals surface area contributed by atoms with Crippen LogP contribution in [0.15, 0.2) is 23.0 Å². The molecule has 0 amide bonds. The van der Waals surface area contributed by atoms with Gasteiger partial charge in [0.25, 0.3) is 0 Å². The first-order valence-electron chi connectivity index (χ1n) is 14.4.